The van der Waals surface area contributed by atoms with Crippen molar-refractivity contribution in [1.29, 1.82) is 0 Å². The van der Waals surface area contributed by atoms with Crippen molar-refractivity contribution in [2.45, 2.75) is 0 Å². The molecule has 0 N–H and O–H groups in total. The molecule has 0 aromatic heterocycles. The summed E-state index contributed by atoms with van der Waals surface area (Å²) in [5.41, 5.74) is 0. The van der Waals surface area contributed by atoms with Crippen LogP contribution in [0.15, 0.2) is 0 Å². The summed E-state index contributed by atoms with van der Waals surface area (Å²) in [5, 5.41) is 0. The summed E-state index contributed by atoms with van der Waals surface area (Å²) in [7, 11) is 13.1. The number of hydrogen-bond donors (Lipinski definition) is 0. The maximum atomic E-state index is 5.24. The topological polar surface area (TPSA) is 0 Å². The van der Waals surface area contributed by atoms with E-state index < -0.39 is 9.66 Å². The van der Waals surface area contributed by atoms with Crippen LogP contribution in [-0.2, 0) is 9.66 Å². The van der Waals surface area contributed by atoms with Gasteiger partial charge in [0.15, 0.2) is 0 Å². The van der Waals surface area contributed by atoms with Gasteiger partial charge >= 0.3 is 56.8 Å². The molecule has 0 aliphatic rings. The van der Waals surface area contributed by atoms with Crippen LogP contribution in [0.3, 0.4) is 0 Å². The third kappa shape index (κ3) is 21.9. The van der Waals surface area contributed by atoms with Crippen molar-refractivity contribution in [2.75, 3.05) is 0 Å². The molecular weight excluding hydrogens is 281 g/mol. The second kappa shape index (κ2) is 2.58. The maximum absolute atomic E-state index is 5.24. The molecule has 0 aliphatic heterocycles. The summed E-state index contributed by atoms with van der Waals surface area (Å²) in [4.78, 5) is 0. The van der Waals surface area contributed by atoms with E-state index in [4.69, 9.17) is 27.9 Å². The van der Waals surface area contributed by atoms with E-state index in [1.165, 1.54) is 0 Å². The summed E-state index contributed by atoms with van der Waals surface area (Å²) in [6, 6.07) is 0. The van der Waals surface area contributed by atoms with Gasteiger partial charge in [0, 0.05) is 0 Å². The van der Waals surface area contributed by atoms with E-state index in [0.717, 1.165) is 0 Å². The number of hydrogen-bond acceptors (Lipinski definition) is 0. The fraction of sp³-hybridized carbons (Fsp3) is 0. The van der Waals surface area contributed by atoms with Crippen LogP contribution in [0.25, 0.3) is 0 Å². The second-order valence-electron chi connectivity index (χ2n) is 0.429. The van der Waals surface area contributed by atoms with Crippen molar-refractivity contribution in [3.05, 3.63) is 0 Å². The van der Waals surface area contributed by atoms with Gasteiger partial charge < -0.3 is 0 Å². The summed E-state index contributed by atoms with van der Waals surface area (Å²) < 4.78 is 0. The Morgan fingerprint density at radius 2 is 1.20 bits per heavy atom. The molecule has 0 nitrogen and oxygen atoms in total. The molecule has 32 valence electrons. The minimum atomic E-state index is -2.61. The summed E-state index contributed by atoms with van der Waals surface area (Å²) in [6.07, 6.45) is 0. The van der Waals surface area contributed by atoms with Gasteiger partial charge in [-0.2, -0.15) is 0 Å². The van der Waals surface area contributed by atoms with Gasteiger partial charge in [-0.25, -0.2) is 0 Å². The molecule has 0 heterocycles. The Bertz CT molecular complexity index is 22.4. The summed E-state index contributed by atoms with van der Waals surface area (Å²) in [6.45, 7) is 0. The molecule has 5 heavy (non-hydrogen) atoms. The molecule has 5 heteroatoms. The average molecular weight is 281 g/mol. The van der Waals surface area contributed by atoms with Crippen molar-refractivity contribution in [2.24, 2.45) is 0 Å². The van der Waals surface area contributed by atoms with Crippen molar-refractivity contribution in [3.8, 4) is 0 Å². The van der Waals surface area contributed by atoms with Gasteiger partial charge in [-0.3, -0.25) is 0 Å². The van der Waals surface area contributed by atoms with Crippen LogP contribution in [0.4, 0.5) is 0 Å². The third-order valence-corrected chi connectivity index (χ3v) is 0. The molecule has 0 aromatic rings. The van der Waals surface area contributed by atoms with Gasteiger partial charge in [0.1, 0.15) is 0 Å². The fourth-order valence-electron chi connectivity index (χ4n) is 0. The normalized spacial score (nSPS) is 12.0. The molecular formula is Cl3ITi. The molecule has 0 amide bonds. The molecule has 0 saturated heterocycles. The Morgan fingerprint density at radius 3 is 1.20 bits per heavy atom. The predicted octanol–water partition coefficient (Wildman–Crippen LogP) is 2.95. The monoisotopic (exact) mass is 280 g/mol. The molecule has 0 radical (unpaired) electrons. The van der Waals surface area contributed by atoms with E-state index in [0.29, 0.717) is 0 Å². The van der Waals surface area contributed by atoms with Gasteiger partial charge in [-0.05, 0) is 0 Å². The Hall–Kier alpha value is 2.31. The fourth-order valence-corrected chi connectivity index (χ4v) is 0. The first-order valence-corrected chi connectivity index (χ1v) is 12.2. The zero-order valence-corrected chi connectivity index (χ0v) is 8.00. The van der Waals surface area contributed by atoms with Gasteiger partial charge in [-0.15, -0.1) is 0 Å². The Labute approximate surface area is 55.8 Å². The standard InChI is InChI=1S/3ClH.HI.Ti/h4*1H;/q;;;;+4/p-4. The molecule has 0 bridgehead atoms. The molecule has 0 saturated carbocycles. The minimum absolute atomic E-state index is 1.86. The van der Waals surface area contributed by atoms with E-state index in [2.05, 4.69) is 0 Å². The molecule has 0 spiro atoms. The van der Waals surface area contributed by atoms with Crippen LogP contribution < -0.4 is 0 Å². The number of halogens is 4. The van der Waals surface area contributed by atoms with Gasteiger partial charge in [-0.1, -0.05) is 0 Å². The Kier molecular flexibility index (Phi) is 3.77. The van der Waals surface area contributed by atoms with E-state index >= 15 is 0 Å². The average Bonchev–Trinajstić information content (AvgIpc) is 0.722. The Balaban J connectivity index is 3.02. The zero-order valence-electron chi connectivity index (χ0n) is 2.01. The molecule has 0 rings (SSSR count). The summed E-state index contributed by atoms with van der Waals surface area (Å²) in [5.74, 6) is 0. The molecule has 0 atom stereocenters. The van der Waals surface area contributed by atoms with Gasteiger partial charge in [0.2, 0.25) is 0 Å². The summed E-state index contributed by atoms with van der Waals surface area (Å²) >= 11 is 1.86. The van der Waals surface area contributed by atoms with Crippen molar-refractivity contribution in [1.82, 2.24) is 0 Å². The van der Waals surface area contributed by atoms with E-state index in [1.807, 2.05) is 19.2 Å². The molecule has 0 fully saturated rings. The van der Waals surface area contributed by atoms with Gasteiger partial charge in [0.25, 0.3) is 0 Å². The van der Waals surface area contributed by atoms with Crippen molar-refractivity contribution >= 4 is 47.1 Å². The molecule has 0 aromatic carbocycles. The molecule has 0 aliphatic carbocycles. The second-order valence-corrected chi connectivity index (χ2v) is 25.7. The van der Waals surface area contributed by atoms with Crippen molar-refractivity contribution in [3.63, 3.8) is 0 Å². The van der Waals surface area contributed by atoms with Crippen LogP contribution in [0, 0.1) is 0 Å². The third-order valence-electron chi connectivity index (χ3n) is 0. The Morgan fingerprint density at radius 1 is 1.20 bits per heavy atom. The first-order valence-electron chi connectivity index (χ1n) is 0.756. The van der Waals surface area contributed by atoms with E-state index in [1.54, 1.807) is 0 Å². The van der Waals surface area contributed by atoms with Crippen LogP contribution in [0.2, 0.25) is 0 Å². The first-order chi connectivity index (χ1) is 2.00. The van der Waals surface area contributed by atoms with E-state index in [9.17, 15) is 0 Å². The van der Waals surface area contributed by atoms with Crippen LogP contribution in [0.1, 0.15) is 0 Å². The van der Waals surface area contributed by atoms with Crippen LogP contribution in [-0.4, -0.2) is 0 Å². The van der Waals surface area contributed by atoms with Gasteiger partial charge in [0.05, 0.1) is 0 Å². The molecule has 0 unspecified atom stereocenters. The zero-order chi connectivity index (χ0) is 4.50. The predicted molar refractivity (Wildman–Crippen MR) is 31.6 cm³/mol. The van der Waals surface area contributed by atoms with E-state index in [-0.39, 0.29) is 0 Å². The first kappa shape index (κ1) is 7.31. The van der Waals surface area contributed by atoms with Crippen molar-refractivity contribution < 1.29 is 9.66 Å². The quantitative estimate of drug-likeness (QED) is 0.473. The SMILES string of the molecule is [Cl][Ti]([Cl])([Cl])[I]. The van der Waals surface area contributed by atoms with Crippen LogP contribution in [0.5, 0.6) is 0 Å². The van der Waals surface area contributed by atoms with Crippen LogP contribution >= 0.6 is 47.1 Å². The number of rotatable bonds is 0.